The van der Waals surface area contributed by atoms with E-state index in [0.717, 1.165) is 31.4 Å². The molecule has 114 valence electrons. The summed E-state index contributed by atoms with van der Waals surface area (Å²) in [6.45, 7) is 4.69. The van der Waals surface area contributed by atoms with Crippen LogP contribution in [0.1, 0.15) is 42.2 Å². The molecule has 0 aromatic carbocycles. The molecule has 0 spiro atoms. The maximum Gasteiger partial charge on any atom is 0.273 e. The monoisotopic (exact) mass is 319 g/mol. The van der Waals surface area contributed by atoms with Crippen molar-refractivity contribution >= 4 is 30.7 Å². The van der Waals surface area contributed by atoms with Crippen LogP contribution in [0.25, 0.3) is 0 Å². The van der Waals surface area contributed by atoms with Crippen molar-refractivity contribution in [3.05, 3.63) is 29.6 Å². The molecular formula is C14H23Cl2N3O. The standard InChI is InChI=1S/C14H21N3O.2ClH/c1-10-6-5-8-16-13(10)14(18)17-9-4-3-7-12(17)11(2)15;;/h5-6,8,11-12H,3-4,7,9,15H2,1-2H3;2*1H. The summed E-state index contributed by atoms with van der Waals surface area (Å²) in [5, 5.41) is 0. The van der Waals surface area contributed by atoms with Crippen molar-refractivity contribution in [3.8, 4) is 0 Å². The second-order valence-corrected chi connectivity index (χ2v) is 5.09. The fraction of sp³-hybridized carbons (Fsp3) is 0.571. The van der Waals surface area contributed by atoms with Crippen LogP contribution >= 0.6 is 24.8 Å². The first-order chi connectivity index (χ1) is 8.61. The van der Waals surface area contributed by atoms with Crippen molar-refractivity contribution in [2.75, 3.05) is 6.54 Å². The van der Waals surface area contributed by atoms with E-state index in [-0.39, 0.29) is 42.8 Å². The summed E-state index contributed by atoms with van der Waals surface area (Å²) >= 11 is 0. The van der Waals surface area contributed by atoms with Gasteiger partial charge >= 0.3 is 0 Å². The Labute approximate surface area is 132 Å². The average molecular weight is 320 g/mol. The highest BCUT2D eigenvalue weighted by molar-refractivity contribution is 5.94. The molecule has 2 N–H and O–H groups in total. The fourth-order valence-corrected chi connectivity index (χ4v) is 2.60. The van der Waals surface area contributed by atoms with Crippen molar-refractivity contribution in [3.63, 3.8) is 0 Å². The molecule has 2 rings (SSSR count). The molecular weight excluding hydrogens is 297 g/mol. The zero-order valence-electron chi connectivity index (χ0n) is 11.9. The van der Waals surface area contributed by atoms with Crippen molar-refractivity contribution in [2.24, 2.45) is 5.73 Å². The van der Waals surface area contributed by atoms with E-state index in [0.29, 0.717) is 5.69 Å². The molecule has 1 amide bonds. The van der Waals surface area contributed by atoms with Crippen molar-refractivity contribution in [2.45, 2.75) is 45.2 Å². The van der Waals surface area contributed by atoms with Crippen LogP contribution in [0.2, 0.25) is 0 Å². The predicted molar refractivity (Wildman–Crippen MR) is 85.8 cm³/mol. The van der Waals surface area contributed by atoms with Gasteiger partial charge in [-0.1, -0.05) is 6.07 Å². The van der Waals surface area contributed by atoms with Crippen LogP contribution in [-0.2, 0) is 0 Å². The molecule has 0 bridgehead atoms. The van der Waals surface area contributed by atoms with Crippen LogP contribution in [0.15, 0.2) is 18.3 Å². The molecule has 1 aliphatic rings. The van der Waals surface area contributed by atoms with Crippen molar-refractivity contribution in [1.82, 2.24) is 9.88 Å². The van der Waals surface area contributed by atoms with Gasteiger partial charge in [0.2, 0.25) is 0 Å². The molecule has 2 unspecified atom stereocenters. The maximum atomic E-state index is 12.5. The Bertz CT molecular complexity index is 440. The maximum absolute atomic E-state index is 12.5. The Morgan fingerprint density at radius 2 is 2.15 bits per heavy atom. The molecule has 4 nitrogen and oxygen atoms in total. The summed E-state index contributed by atoms with van der Waals surface area (Å²) in [5.74, 6) is 0.0232. The van der Waals surface area contributed by atoms with Crippen LogP contribution < -0.4 is 5.73 Å². The van der Waals surface area contributed by atoms with Crippen LogP contribution in [0, 0.1) is 6.92 Å². The lowest BCUT2D eigenvalue weighted by molar-refractivity contribution is 0.0577. The normalized spacial score (nSPS) is 19.6. The van der Waals surface area contributed by atoms with Gasteiger partial charge in [-0.2, -0.15) is 0 Å². The highest BCUT2D eigenvalue weighted by atomic mass is 35.5. The van der Waals surface area contributed by atoms with Crippen LogP contribution in [0.5, 0.6) is 0 Å². The Balaban J connectivity index is 0.00000180. The number of halogens is 2. The Kier molecular flexibility index (Phi) is 8.09. The number of pyridine rings is 1. The summed E-state index contributed by atoms with van der Waals surface area (Å²) in [7, 11) is 0. The Morgan fingerprint density at radius 3 is 2.75 bits per heavy atom. The van der Waals surface area contributed by atoms with Gasteiger partial charge in [0, 0.05) is 24.8 Å². The van der Waals surface area contributed by atoms with E-state index in [9.17, 15) is 4.79 Å². The first-order valence-electron chi connectivity index (χ1n) is 6.59. The third-order valence-corrected chi connectivity index (χ3v) is 3.63. The molecule has 1 aliphatic heterocycles. The summed E-state index contributed by atoms with van der Waals surface area (Å²) in [4.78, 5) is 18.7. The van der Waals surface area contributed by atoms with Crippen molar-refractivity contribution in [1.29, 1.82) is 0 Å². The van der Waals surface area contributed by atoms with E-state index in [4.69, 9.17) is 5.73 Å². The third-order valence-electron chi connectivity index (χ3n) is 3.63. The Morgan fingerprint density at radius 1 is 1.45 bits per heavy atom. The minimum atomic E-state index is 0. The van der Waals surface area contributed by atoms with Crippen LogP contribution in [0.4, 0.5) is 0 Å². The van der Waals surface area contributed by atoms with E-state index in [1.165, 1.54) is 0 Å². The summed E-state index contributed by atoms with van der Waals surface area (Å²) in [5.41, 5.74) is 7.48. The van der Waals surface area contributed by atoms with E-state index in [1.807, 2.05) is 30.9 Å². The molecule has 1 aromatic rings. The quantitative estimate of drug-likeness (QED) is 0.911. The highest BCUT2D eigenvalue weighted by Crippen LogP contribution is 2.21. The number of hydrogen-bond donors (Lipinski definition) is 1. The first kappa shape index (κ1) is 19.2. The number of nitrogens with two attached hydrogens (primary N) is 1. The van der Waals surface area contributed by atoms with Crippen molar-refractivity contribution < 1.29 is 4.79 Å². The fourth-order valence-electron chi connectivity index (χ4n) is 2.60. The highest BCUT2D eigenvalue weighted by Gasteiger charge is 2.30. The van der Waals surface area contributed by atoms with Gasteiger partial charge in [-0.25, -0.2) is 0 Å². The van der Waals surface area contributed by atoms with Gasteiger partial charge in [0.1, 0.15) is 5.69 Å². The number of aromatic nitrogens is 1. The average Bonchev–Trinajstić information content (AvgIpc) is 2.38. The van der Waals surface area contributed by atoms with Gasteiger partial charge < -0.3 is 10.6 Å². The number of carbonyl (C=O) groups is 1. The summed E-state index contributed by atoms with van der Waals surface area (Å²) < 4.78 is 0. The molecule has 0 saturated carbocycles. The molecule has 1 fully saturated rings. The number of likely N-dealkylation sites (tertiary alicyclic amines) is 1. The summed E-state index contributed by atoms with van der Waals surface area (Å²) in [6.07, 6.45) is 4.87. The first-order valence-corrected chi connectivity index (χ1v) is 6.59. The number of rotatable bonds is 2. The van der Waals surface area contributed by atoms with E-state index >= 15 is 0 Å². The molecule has 0 aliphatic carbocycles. The van der Waals surface area contributed by atoms with Gasteiger partial charge in [-0.3, -0.25) is 9.78 Å². The molecule has 2 atom stereocenters. The molecule has 20 heavy (non-hydrogen) atoms. The Hall–Kier alpha value is -0.840. The van der Waals surface area contributed by atoms with Gasteiger partial charge in [0.25, 0.3) is 5.91 Å². The molecule has 0 radical (unpaired) electrons. The van der Waals surface area contributed by atoms with Crippen LogP contribution in [-0.4, -0.2) is 34.4 Å². The number of nitrogens with zero attached hydrogens (tertiary/aromatic N) is 2. The number of carbonyl (C=O) groups excluding carboxylic acids is 1. The lowest BCUT2D eigenvalue weighted by Crippen LogP contribution is -2.52. The van der Waals surface area contributed by atoms with Gasteiger partial charge in [0.05, 0.1) is 0 Å². The molecule has 1 aromatic heterocycles. The predicted octanol–water partition coefficient (Wildman–Crippen LogP) is 2.58. The molecule has 6 heteroatoms. The molecule has 1 saturated heterocycles. The smallest absolute Gasteiger partial charge is 0.273 e. The topological polar surface area (TPSA) is 59.2 Å². The summed E-state index contributed by atoms with van der Waals surface area (Å²) in [6, 6.07) is 3.93. The number of hydrogen-bond acceptors (Lipinski definition) is 3. The zero-order chi connectivity index (χ0) is 13.1. The number of piperidine rings is 1. The van der Waals surface area contributed by atoms with Crippen LogP contribution in [0.3, 0.4) is 0 Å². The minimum absolute atomic E-state index is 0. The van der Waals surface area contributed by atoms with Gasteiger partial charge in [0.15, 0.2) is 0 Å². The molecule has 2 heterocycles. The van der Waals surface area contributed by atoms with Gasteiger partial charge in [-0.05, 0) is 44.7 Å². The SMILES string of the molecule is Cc1cccnc1C(=O)N1CCCCC1C(C)N.Cl.Cl. The van der Waals surface area contributed by atoms with E-state index in [1.54, 1.807) is 6.20 Å². The second kappa shape index (κ2) is 8.45. The lowest BCUT2D eigenvalue weighted by Gasteiger charge is -2.38. The zero-order valence-corrected chi connectivity index (χ0v) is 13.5. The second-order valence-electron chi connectivity index (χ2n) is 5.09. The number of aryl methyl sites for hydroxylation is 1. The third kappa shape index (κ3) is 4.08. The van der Waals surface area contributed by atoms with E-state index < -0.39 is 0 Å². The van der Waals surface area contributed by atoms with E-state index in [2.05, 4.69) is 4.98 Å². The van der Waals surface area contributed by atoms with Gasteiger partial charge in [-0.15, -0.1) is 24.8 Å². The lowest BCUT2D eigenvalue weighted by atomic mass is 9.96. The minimum Gasteiger partial charge on any atom is -0.333 e. The largest absolute Gasteiger partial charge is 0.333 e. The number of amides is 1.